The third-order valence-corrected chi connectivity index (χ3v) is 2.42. The van der Waals surface area contributed by atoms with Crippen LogP contribution in [0.5, 0.6) is 0 Å². The maximum absolute atomic E-state index is 12.5. The van der Waals surface area contributed by atoms with Gasteiger partial charge in [-0.25, -0.2) is 4.79 Å². The van der Waals surface area contributed by atoms with Gasteiger partial charge in [0.05, 0.1) is 29.0 Å². The van der Waals surface area contributed by atoms with Crippen molar-refractivity contribution in [1.82, 2.24) is 0 Å². The van der Waals surface area contributed by atoms with E-state index in [4.69, 9.17) is 15.6 Å². The van der Waals surface area contributed by atoms with Crippen LogP contribution in [0, 0.1) is 22.7 Å². The number of carboxylic acid groups (broad SMARTS) is 1. The third-order valence-electron chi connectivity index (χ3n) is 2.42. The SMILES string of the molecule is N#CCN(CC#N)c1ccc(C(F)(F)F)cc1C(=O)O. The molecule has 0 spiro atoms. The van der Waals surface area contributed by atoms with Gasteiger partial charge in [-0.05, 0) is 18.2 Å². The van der Waals surface area contributed by atoms with Crippen molar-refractivity contribution in [2.24, 2.45) is 0 Å². The molecule has 1 aromatic carbocycles. The minimum absolute atomic E-state index is 0.103. The highest BCUT2D eigenvalue weighted by molar-refractivity contribution is 5.95. The van der Waals surface area contributed by atoms with E-state index in [1.165, 1.54) is 0 Å². The maximum Gasteiger partial charge on any atom is 0.416 e. The van der Waals surface area contributed by atoms with Crippen LogP contribution in [0.15, 0.2) is 18.2 Å². The predicted octanol–water partition coefficient (Wildman–Crippen LogP) is 2.26. The van der Waals surface area contributed by atoms with Crippen molar-refractivity contribution in [3.8, 4) is 12.1 Å². The second-order valence-electron chi connectivity index (χ2n) is 3.71. The number of hydrogen-bond donors (Lipinski definition) is 1. The summed E-state index contributed by atoms with van der Waals surface area (Å²) in [5.74, 6) is -1.56. The summed E-state index contributed by atoms with van der Waals surface area (Å²) in [6.07, 6.45) is -4.67. The fourth-order valence-electron chi connectivity index (χ4n) is 1.56. The first kappa shape index (κ1) is 15.3. The molecule has 0 fully saturated rings. The summed E-state index contributed by atoms with van der Waals surface area (Å²) in [7, 11) is 0. The van der Waals surface area contributed by atoms with E-state index < -0.39 is 23.3 Å². The third kappa shape index (κ3) is 3.39. The van der Waals surface area contributed by atoms with Crippen LogP contribution in [0.2, 0.25) is 0 Å². The second-order valence-corrected chi connectivity index (χ2v) is 3.71. The van der Waals surface area contributed by atoms with Gasteiger partial charge in [-0.3, -0.25) is 0 Å². The van der Waals surface area contributed by atoms with Crippen LogP contribution < -0.4 is 4.90 Å². The minimum atomic E-state index is -4.67. The summed E-state index contributed by atoms with van der Waals surface area (Å²) < 4.78 is 37.6. The molecule has 0 atom stereocenters. The minimum Gasteiger partial charge on any atom is -0.478 e. The predicted molar refractivity (Wildman–Crippen MR) is 61.8 cm³/mol. The number of carbonyl (C=O) groups is 1. The quantitative estimate of drug-likeness (QED) is 0.856. The van der Waals surface area contributed by atoms with E-state index in [0.29, 0.717) is 12.1 Å². The Morgan fingerprint density at radius 1 is 1.25 bits per heavy atom. The van der Waals surface area contributed by atoms with Crippen LogP contribution in [-0.2, 0) is 6.18 Å². The number of alkyl halides is 3. The molecule has 0 aliphatic heterocycles. The Balaban J connectivity index is 3.37. The van der Waals surface area contributed by atoms with E-state index >= 15 is 0 Å². The van der Waals surface area contributed by atoms with Crippen molar-refractivity contribution in [3.05, 3.63) is 29.3 Å². The average Bonchev–Trinajstić information content (AvgIpc) is 2.36. The normalized spacial score (nSPS) is 10.4. The fraction of sp³-hybridized carbons (Fsp3) is 0.250. The molecule has 0 aliphatic rings. The Morgan fingerprint density at radius 2 is 1.80 bits per heavy atom. The zero-order valence-corrected chi connectivity index (χ0v) is 9.98. The topological polar surface area (TPSA) is 88.1 Å². The number of hydrogen-bond acceptors (Lipinski definition) is 4. The molecule has 0 saturated carbocycles. The highest BCUT2D eigenvalue weighted by Gasteiger charge is 2.32. The van der Waals surface area contributed by atoms with Crippen molar-refractivity contribution in [1.29, 1.82) is 10.5 Å². The molecule has 104 valence electrons. The van der Waals surface area contributed by atoms with Gasteiger partial charge in [-0.1, -0.05) is 0 Å². The van der Waals surface area contributed by atoms with Crippen molar-refractivity contribution in [2.75, 3.05) is 18.0 Å². The standard InChI is InChI=1S/C12H8F3N3O2/c13-12(14,15)8-1-2-10(9(7-8)11(19)20)18(5-3-16)6-4-17/h1-2,7H,5-6H2,(H,19,20). The molecule has 0 aromatic heterocycles. The summed E-state index contributed by atoms with van der Waals surface area (Å²) in [5.41, 5.74) is -1.81. The molecule has 1 rings (SSSR count). The number of halogens is 3. The molecule has 5 nitrogen and oxygen atoms in total. The van der Waals surface area contributed by atoms with E-state index in [9.17, 15) is 18.0 Å². The summed E-state index contributed by atoms with van der Waals surface area (Å²) in [4.78, 5) is 12.1. The first-order chi connectivity index (χ1) is 9.31. The van der Waals surface area contributed by atoms with Crippen LogP contribution in [0.1, 0.15) is 15.9 Å². The zero-order chi connectivity index (χ0) is 15.3. The Labute approximate surface area is 112 Å². The van der Waals surface area contributed by atoms with Crippen LogP contribution >= 0.6 is 0 Å². The van der Waals surface area contributed by atoms with Crippen LogP contribution in [0.3, 0.4) is 0 Å². The first-order valence-corrected chi connectivity index (χ1v) is 5.24. The van der Waals surface area contributed by atoms with Gasteiger partial charge < -0.3 is 10.0 Å². The zero-order valence-electron chi connectivity index (χ0n) is 9.98. The number of nitriles is 2. The lowest BCUT2D eigenvalue weighted by Crippen LogP contribution is -2.26. The van der Waals surface area contributed by atoms with Crippen LogP contribution in [0.25, 0.3) is 0 Å². The van der Waals surface area contributed by atoms with E-state index in [1.54, 1.807) is 12.1 Å². The van der Waals surface area contributed by atoms with Crippen molar-refractivity contribution >= 4 is 11.7 Å². The lowest BCUT2D eigenvalue weighted by Gasteiger charge is -2.21. The summed E-state index contributed by atoms with van der Waals surface area (Å²) >= 11 is 0. The summed E-state index contributed by atoms with van der Waals surface area (Å²) in [6.45, 7) is -0.613. The van der Waals surface area contributed by atoms with Gasteiger partial charge in [0.2, 0.25) is 0 Å². The average molecular weight is 283 g/mol. The summed E-state index contributed by atoms with van der Waals surface area (Å²) in [6, 6.07) is 5.59. The molecule has 0 heterocycles. The number of carboxylic acids is 1. The smallest absolute Gasteiger partial charge is 0.416 e. The van der Waals surface area contributed by atoms with Crippen molar-refractivity contribution in [2.45, 2.75) is 6.18 Å². The first-order valence-electron chi connectivity index (χ1n) is 5.24. The number of benzene rings is 1. The molecule has 0 aliphatic carbocycles. The molecule has 0 unspecified atom stereocenters. The molecule has 1 N–H and O–H groups in total. The Hall–Kier alpha value is -2.74. The van der Waals surface area contributed by atoms with Crippen molar-refractivity contribution < 1.29 is 23.1 Å². The number of rotatable bonds is 4. The monoisotopic (exact) mass is 283 g/mol. The Morgan fingerprint density at radius 3 is 2.20 bits per heavy atom. The van der Waals surface area contributed by atoms with E-state index in [2.05, 4.69) is 0 Å². The van der Waals surface area contributed by atoms with Crippen LogP contribution in [0.4, 0.5) is 18.9 Å². The molecule has 0 amide bonds. The van der Waals surface area contributed by atoms with Crippen molar-refractivity contribution in [3.63, 3.8) is 0 Å². The maximum atomic E-state index is 12.5. The summed E-state index contributed by atoms with van der Waals surface area (Å²) in [5, 5.41) is 26.2. The van der Waals surface area contributed by atoms with Gasteiger partial charge in [0.25, 0.3) is 0 Å². The largest absolute Gasteiger partial charge is 0.478 e. The number of aromatic carboxylic acids is 1. The molecular formula is C12H8F3N3O2. The van der Waals surface area contributed by atoms with Gasteiger partial charge in [-0.2, -0.15) is 23.7 Å². The highest BCUT2D eigenvalue weighted by Crippen LogP contribution is 2.32. The lowest BCUT2D eigenvalue weighted by molar-refractivity contribution is -0.137. The number of nitrogens with zero attached hydrogens (tertiary/aromatic N) is 3. The molecule has 8 heteroatoms. The molecular weight excluding hydrogens is 275 g/mol. The van der Waals surface area contributed by atoms with Gasteiger partial charge in [0.15, 0.2) is 0 Å². The fourth-order valence-corrected chi connectivity index (χ4v) is 1.56. The Kier molecular flexibility index (Phi) is 4.54. The lowest BCUT2D eigenvalue weighted by atomic mass is 10.1. The molecule has 0 saturated heterocycles. The molecule has 0 radical (unpaired) electrons. The van der Waals surface area contributed by atoms with E-state index in [-0.39, 0.29) is 18.8 Å². The van der Waals surface area contributed by atoms with E-state index in [1.807, 2.05) is 0 Å². The van der Waals surface area contributed by atoms with E-state index in [0.717, 1.165) is 11.0 Å². The number of anilines is 1. The van der Waals surface area contributed by atoms with Crippen LogP contribution in [-0.4, -0.2) is 24.2 Å². The molecule has 20 heavy (non-hydrogen) atoms. The van der Waals surface area contributed by atoms with Gasteiger partial charge in [-0.15, -0.1) is 0 Å². The van der Waals surface area contributed by atoms with Gasteiger partial charge in [0, 0.05) is 0 Å². The van der Waals surface area contributed by atoms with Gasteiger partial charge >= 0.3 is 12.1 Å². The second kappa shape index (κ2) is 5.93. The van der Waals surface area contributed by atoms with Gasteiger partial charge in [0.1, 0.15) is 13.1 Å². The highest BCUT2D eigenvalue weighted by atomic mass is 19.4. The molecule has 0 bridgehead atoms. The Bertz CT molecular complexity index is 583. The molecule has 1 aromatic rings.